The largest absolute Gasteiger partial charge is 0.480 e. The van der Waals surface area contributed by atoms with Crippen LogP contribution in [0.4, 0.5) is 5.69 Å². The van der Waals surface area contributed by atoms with Crippen LogP contribution in [0.1, 0.15) is 19.3 Å². The van der Waals surface area contributed by atoms with E-state index in [9.17, 15) is 8.42 Å². The van der Waals surface area contributed by atoms with Gasteiger partial charge in [0, 0.05) is 18.5 Å². The smallest absolute Gasteiger partial charge is 0.237 e. The van der Waals surface area contributed by atoms with Crippen molar-refractivity contribution < 1.29 is 13.2 Å². The minimum atomic E-state index is -3.02. The lowest BCUT2D eigenvalue weighted by Gasteiger charge is -2.21. The highest BCUT2D eigenvalue weighted by molar-refractivity contribution is 7.91. The summed E-state index contributed by atoms with van der Waals surface area (Å²) >= 11 is 0. The van der Waals surface area contributed by atoms with E-state index in [4.69, 9.17) is 4.74 Å². The van der Waals surface area contributed by atoms with Gasteiger partial charge in [-0.2, -0.15) is 0 Å². The maximum Gasteiger partial charge on any atom is 0.237 e. The van der Waals surface area contributed by atoms with Gasteiger partial charge in [0.25, 0.3) is 0 Å². The highest BCUT2D eigenvalue weighted by Gasteiger charge is 2.35. The Bertz CT molecular complexity index is 516. The van der Waals surface area contributed by atoms with E-state index in [0.29, 0.717) is 5.88 Å². The van der Waals surface area contributed by atoms with E-state index in [0.717, 1.165) is 24.9 Å². The third-order valence-corrected chi connectivity index (χ3v) is 4.97. The van der Waals surface area contributed by atoms with Gasteiger partial charge in [-0.25, -0.2) is 13.4 Å². The average molecular weight is 270 g/mol. The molecule has 1 aromatic heterocycles. The highest BCUT2D eigenvalue weighted by Crippen LogP contribution is 2.30. The topological polar surface area (TPSA) is 68.3 Å². The maximum absolute atomic E-state index is 11.7. The summed E-state index contributed by atoms with van der Waals surface area (Å²) in [5.74, 6) is 0.497. The van der Waals surface area contributed by atoms with Gasteiger partial charge in [0.2, 0.25) is 5.88 Å². The van der Waals surface area contributed by atoms with Crippen LogP contribution in [0.15, 0.2) is 18.3 Å². The first-order valence-electron chi connectivity index (χ1n) is 5.97. The van der Waals surface area contributed by atoms with Gasteiger partial charge in [0.1, 0.15) is 0 Å². The zero-order chi connectivity index (χ0) is 13.2. The van der Waals surface area contributed by atoms with Gasteiger partial charge in [0.15, 0.2) is 9.84 Å². The van der Waals surface area contributed by atoms with E-state index in [1.54, 1.807) is 19.4 Å². The average Bonchev–Trinajstić information content (AvgIpc) is 2.78. The summed E-state index contributed by atoms with van der Waals surface area (Å²) in [6.07, 6.45) is 5.46. The number of hydrogen-bond donors (Lipinski definition) is 1. The molecule has 5 nitrogen and oxygen atoms in total. The molecule has 2 atom stereocenters. The van der Waals surface area contributed by atoms with Crippen LogP contribution in [0.25, 0.3) is 0 Å². The lowest BCUT2D eigenvalue weighted by Crippen LogP contribution is -2.34. The quantitative estimate of drug-likeness (QED) is 0.897. The predicted molar refractivity (Wildman–Crippen MR) is 70.7 cm³/mol. The first-order valence-corrected chi connectivity index (χ1v) is 7.92. The van der Waals surface area contributed by atoms with E-state index in [1.807, 2.05) is 6.07 Å². The third kappa shape index (κ3) is 2.75. The van der Waals surface area contributed by atoms with Crippen LogP contribution in [0.2, 0.25) is 0 Å². The summed E-state index contributed by atoms with van der Waals surface area (Å²) in [4.78, 5) is 4.09. The number of ether oxygens (including phenoxy) is 1. The Kier molecular flexibility index (Phi) is 3.75. The highest BCUT2D eigenvalue weighted by atomic mass is 32.2. The number of rotatable bonds is 4. The minimum absolute atomic E-state index is 0.0573. The van der Waals surface area contributed by atoms with Gasteiger partial charge in [-0.15, -0.1) is 0 Å². The minimum Gasteiger partial charge on any atom is -0.480 e. The summed E-state index contributed by atoms with van der Waals surface area (Å²) < 4.78 is 28.6. The Labute approximate surface area is 107 Å². The van der Waals surface area contributed by atoms with Crippen LogP contribution >= 0.6 is 0 Å². The molecule has 1 aromatic rings. The van der Waals surface area contributed by atoms with Crippen LogP contribution < -0.4 is 10.1 Å². The van der Waals surface area contributed by atoms with Gasteiger partial charge in [-0.05, 0) is 31.4 Å². The molecule has 0 amide bonds. The van der Waals surface area contributed by atoms with Gasteiger partial charge in [0.05, 0.1) is 18.0 Å². The van der Waals surface area contributed by atoms with Crippen molar-refractivity contribution in [2.24, 2.45) is 0 Å². The van der Waals surface area contributed by atoms with Crippen LogP contribution in [0.5, 0.6) is 5.88 Å². The second kappa shape index (κ2) is 5.14. The fraction of sp³-hybridized carbons (Fsp3) is 0.583. The molecule has 0 aliphatic heterocycles. The molecule has 1 heterocycles. The molecular formula is C12H18N2O3S. The van der Waals surface area contributed by atoms with E-state index in [-0.39, 0.29) is 11.3 Å². The molecule has 1 fully saturated rings. The maximum atomic E-state index is 11.7. The summed E-state index contributed by atoms with van der Waals surface area (Å²) in [5.41, 5.74) is 0.751. The Morgan fingerprint density at radius 2 is 2.22 bits per heavy atom. The molecule has 1 N–H and O–H groups in total. The van der Waals surface area contributed by atoms with Crippen LogP contribution in [0, 0.1) is 0 Å². The molecule has 6 heteroatoms. The number of nitrogens with zero attached hydrogens (tertiary/aromatic N) is 1. The van der Waals surface area contributed by atoms with Crippen molar-refractivity contribution in [3.05, 3.63) is 18.3 Å². The van der Waals surface area contributed by atoms with E-state index >= 15 is 0 Å². The molecule has 0 saturated heterocycles. The fourth-order valence-corrected chi connectivity index (χ4v) is 3.86. The lowest BCUT2D eigenvalue weighted by molar-refractivity contribution is 0.399. The second-order valence-electron chi connectivity index (χ2n) is 4.61. The number of sulfone groups is 1. The summed E-state index contributed by atoms with van der Waals surface area (Å²) in [5, 5.41) is 2.93. The number of methoxy groups -OCH3 is 1. The zero-order valence-electron chi connectivity index (χ0n) is 10.6. The summed E-state index contributed by atoms with van der Waals surface area (Å²) in [6, 6.07) is 3.59. The number of nitrogens with one attached hydrogen (secondary N) is 1. The Hall–Kier alpha value is -1.30. The number of pyridine rings is 1. The predicted octanol–water partition coefficient (Wildman–Crippen LogP) is 1.47. The van der Waals surface area contributed by atoms with Crippen molar-refractivity contribution in [3.63, 3.8) is 0 Å². The third-order valence-electron chi connectivity index (χ3n) is 3.31. The Balaban J connectivity index is 2.18. The van der Waals surface area contributed by atoms with Gasteiger partial charge >= 0.3 is 0 Å². The normalized spacial score (nSPS) is 23.9. The van der Waals surface area contributed by atoms with Crippen LogP contribution in [-0.4, -0.2) is 38.1 Å². The Morgan fingerprint density at radius 1 is 1.44 bits per heavy atom. The van der Waals surface area contributed by atoms with Crippen LogP contribution in [0.3, 0.4) is 0 Å². The molecule has 0 radical (unpaired) electrons. The number of anilines is 1. The first kappa shape index (κ1) is 13.1. The monoisotopic (exact) mass is 270 g/mol. The zero-order valence-corrected chi connectivity index (χ0v) is 11.4. The molecular weight excluding hydrogens is 252 g/mol. The van der Waals surface area contributed by atoms with E-state index in [2.05, 4.69) is 10.3 Å². The van der Waals surface area contributed by atoms with Crippen LogP contribution in [-0.2, 0) is 9.84 Å². The van der Waals surface area contributed by atoms with Gasteiger partial charge in [-0.1, -0.05) is 0 Å². The molecule has 2 rings (SSSR count). The second-order valence-corrected chi connectivity index (χ2v) is 6.87. The lowest BCUT2D eigenvalue weighted by atomic mass is 10.2. The molecule has 1 saturated carbocycles. The molecule has 0 spiro atoms. The summed E-state index contributed by atoms with van der Waals surface area (Å²) in [7, 11) is -1.46. The van der Waals surface area contributed by atoms with Crippen molar-refractivity contribution >= 4 is 15.5 Å². The molecule has 1 aliphatic carbocycles. The molecule has 100 valence electrons. The number of aromatic nitrogens is 1. The van der Waals surface area contributed by atoms with Crippen molar-refractivity contribution in [3.8, 4) is 5.88 Å². The van der Waals surface area contributed by atoms with Crippen molar-refractivity contribution in [2.45, 2.75) is 30.6 Å². The summed E-state index contributed by atoms with van der Waals surface area (Å²) in [6.45, 7) is 0. The van der Waals surface area contributed by atoms with Crippen molar-refractivity contribution in [1.82, 2.24) is 4.98 Å². The molecule has 18 heavy (non-hydrogen) atoms. The van der Waals surface area contributed by atoms with E-state index in [1.165, 1.54) is 6.26 Å². The van der Waals surface area contributed by atoms with Crippen molar-refractivity contribution in [1.29, 1.82) is 0 Å². The van der Waals surface area contributed by atoms with Gasteiger partial charge in [-0.3, -0.25) is 0 Å². The SMILES string of the molecule is COc1ncccc1NC1CCCC1S(C)(=O)=O. The molecule has 0 bridgehead atoms. The molecule has 1 aliphatic rings. The van der Waals surface area contributed by atoms with Crippen molar-refractivity contribution in [2.75, 3.05) is 18.7 Å². The van der Waals surface area contributed by atoms with Gasteiger partial charge < -0.3 is 10.1 Å². The number of hydrogen-bond acceptors (Lipinski definition) is 5. The standard InChI is InChI=1S/C12H18N2O3S/c1-17-12-10(6-4-8-13-12)14-9-5-3-7-11(9)18(2,15)16/h4,6,8-9,11,14H,3,5,7H2,1-2H3. The molecule has 2 unspecified atom stereocenters. The molecule has 0 aromatic carbocycles. The van der Waals surface area contributed by atoms with E-state index < -0.39 is 9.84 Å². The first-order chi connectivity index (χ1) is 8.52. The Morgan fingerprint density at radius 3 is 2.89 bits per heavy atom. The fourth-order valence-electron chi connectivity index (χ4n) is 2.47.